The number of ketones is 1. The van der Waals surface area contributed by atoms with Crippen LogP contribution in [0.5, 0.6) is 0 Å². The molecule has 0 aromatic heterocycles. The molecule has 0 spiro atoms. The van der Waals surface area contributed by atoms with Crippen LogP contribution in [0.3, 0.4) is 0 Å². The van der Waals surface area contributed by atoms with E-state index in [2.05, 4.69) is 6.92 Å². The van der Waals surface area contributed by atoms with Crippen molar-refractivity contribution in [1.29, 1.82) is 0 Å². The molecule has 1 unspecified atom stereocenters. The average Bonchev–Trinajstić information content (AvgIpc) is 2.56. The van der Waals surface area contributed by atoms with Gasteiger partial charge in [0.15, 0.2) is 5.78 Å². The zero-order valence-electron chi connectivity index (χ0n) is 13.4. The minimum atomic E-state index is -0.385. The maximum atomic E-state index is 12.3. The van der Waals surface area contributed by atoms with Gasteiger partial charge in [0.2, 0.25) is 0 Å². The van der Waals surface area contributed by atoms with Crippen molar-refractivity contribution in [2.75, 3.05) is 7.11 Å². The van der Waals surface area contributed by atoms with Crippen LogP contribution < -0.4 is 0 Å². The SMILES string of the molecule is CCC(C)[C@H](C(=O)OC)N1C=CC(=O)C[C@H]1c1ccccc1. The molecular weight excluding hydrogens is 278 g/mol. The highest BCUT2D eigenvalue weighted by Crippen LogP contribution is 2.33. The van der Waals surface area contributed by atoms with E-state index >= 15 is 0 Å². The summed E-state index contributed by atoms with van der Waals surface area (Å²) in [6.07, 6.45) is 4.54. The lowest BCUT2D eigenvalue weighted by atomic mass is 9.91. The van der Waals surface area contributed by atoms with Crippen molar-refractivity contribution in [3.63, 3.8) is 0 Å². The van der Waals surface area contributed by atoms with Gasteiger partial charge in [0.1, 0.15) is 6.04 Å². The second-order valence-electron chi connectivity index (χ2n) is 5.71. The van der Waals surface area contributed by atoms with Crippen LogP contribution in [0.15, 0.2) is 42.6 Å². The van der Waals surface area contributed by atoms with Gasteiger partial charge in [0, 0.05) is 12.6 Å². The highest BCUT2D eigenvalue weighted by Gasteiger charge is 2.36. The van der Waals surface area contributed by atoms with Gasteiger partial charge in [-0.15, -0.1) is 0 Å². The molecule has 0 aliphatic carbocycles. The number of allylic oxidation sites excluding steroid dienone is 1. The molecule has 0 bridgehead atoms. The molecule has 0 amide bonds. The summed E-state index contributed by atoms with van der Waals surface area (Å²) < 4.78 is 5.00. The van der Waals surface area contributed by atoms with Gasteiger partial charge in [-0.1, -0.05) is 50.6 Å². The third-order valence-corrected chi connectivity index (χ3v) is 4.32. The molecule has 1 heterocycles. The van der Waals surface area contributed by atoms with Gasteiger partial charge < -0.3 is 9.64 Å². The predicted octanol–water partition coefficient (Wildman–Crippen LogP) is 3.10. The molecule has 3 atom stereocenters. The molecule has 0 fully saturated rings. The predicted molar refractivity (Wildman–Crippen MR) is 85.0 cm³/mol. The molecule has 4 nitrogen and oxygen atoms in total. The molecule has 4 heteroatoms. The number of esters is 1. The summed E-state index contributed by atoms with van der Waals surface area (Å²) >= 11 is 0. The fourth-order valence-electron chi connectivity index (χ4n) is 2.88. The van der Waals surface area contributed by atoms with E-state index in [-0.39, 0.29) is 29.8 Å². The van der Waals surface area contributed by atoms with Crippen molar-refractivity contribution in [3.05, 3.63) is 48.2 Å². The summed E-state index contributed by atoms with van der Waals surface area (Å²) in [4.78, 5) is 26.1. The maximum absolute atomic E-state index is 12.3. The number of hydrogen-bond donors (Lipinski definition) is 0. The first kappa shape index (κ1) is 16.3. The van der Waals surface area contributed by atoms with Gasteiger partial charge in [-0.3, -0.25) is 4.79 Å². The van der Waals surface area contributed by atoms with Crippen LogP contribution in [0.4, 0.5) is 0 Å². The highest BCUT2D eigenvalue weighted by molar-refractivity contribution is 5.91. The molecule has 1 aromatic carbocycles. The number of nitrogens with zero attached hydrogens (tertiary/aromatic N) is 1. The van der Waals surface area contributed by atoms with Crippen molar-refractivity contribution in [2.45, 2.75) is 38.8 Å². The Morgan fingerprint density at radius 3 is 2.64 bits per heavy atom. The summed E-state index contributed by atoms with van der Waals surface area (Å²) in [5, 5.41) is 0. The molecule has 1 aromatic rings. The lowest BCUT2D eigenvalue weighted by molar-refractivity contribution is -0.149. The smallest absolute Gasteiger partial charge is 0.328 e. The van der Waals surface area contributed by atoms with Crippen molar-refractivity contribution in [1.82, 2.24) is 4.90 Å². The Morgan fingerprint density at radius 2 is 2.05 bits per heavy atom. The Kier molecular flexibility index (Phi) is 5.36. The lowest BCUT2D eigenvalue weighted by Gasteiger charge is -2.40. The van der Waals surface area contributed by atoms with Crippen LogP contribution in [-0.4, -0.2) is 29.8 Å². The lowest BCUT2D eigenvalue weighted by Crippen LogP contribution is -2.46. The van der Waals surface area contributed by atoms with Crippen molar-refractivity contribution in [2.24, 2.45) is 5.92 Å². The zero-order valence-corrected chi connectivity index (χ0v) is 13.4. The largest absolute Gasteiger partial charge is 0.467 e. The molecule has 2 rings (SSSR count). The Bertz CT molecular complexity index is 553. The van der Waals surface area contributed by atoms with Crippen molar-refractivity contribution < 1.29 is 14.3 Å². The quantitative estimate of drug-likeness (QED) is 0.784. The van der Waals surface area contributed by atoms with E-state index < -0.39 is 0 Å². The third-order valence-electron chi connectivity index (χ3n) is 4.32. The fraction of sp³-hybridized carbons (Fsp3) is 0.444. The van der Waals surface area contributed by atoms with Gasteiger partial charge in [-0.2, -0.15) is 0 Å². The number of ether oxygens (including phenoxy) is 1. The fourth-order valence-corrected chi connectivity index (χ4v) is 2.88. The number of methoxy groups -OCH3 is 1. The number of carbonyl (C=O) groups is 2. The van der Waals surface area contributed by atoms with Crippen LogP contribution in [0.25, 0.3) is 0 Å². The summed E-state index contributed by atoms with van der Waals surface area (Å²) in [6.45, 7) is 4.09. The van der Waals surface area contributed by atoms with Gasteiger partial charge in [-0.25, -0.2) is 4.79 Å². The molecule has 1 aliphatic heterocycles. The molecule has 118 valence electrons. The van der Waals surface area contributed by atoms with Crippen molar-refractivity contribution >= 4 is 11.8 Å². The van der Waals surface area contributed by atoms with Crippen LogP contribution in [0.1, 0.15) is 38.3 Å². The van der Waals surface area contributed by atoms with E-state index in [1.807, 2.05) is 42.2 Å². The number of benzene rings is 1. The Hall–Kier alpha value is -2.10. The zero-order chi connectivity index (χ0) is 16.1. The first-order valence-electron chi connectivity index (χ1n) is 7.69. The van der Waals surface area contributed by atoms with Crippen LogP contribution in [0.2, 0.25) is 0 Å². The Balaban J connectivity index is 2.40. The summed E-state index contributed by atoms with van der Waals surface area (Å²) in [5.74, 6) is -0.0383. The first-order chi connectivity index (χ1) is 10.6. The van der Waals surface area contributed by atoms with Crippen molar-refractivity contribution in [3.8, 4) is 0 Å². The summed E-state index contributed by atoms with van der Waals surface area (Å²) in [7, 11) is 1.41. The second kappa shape index (κ2) is 7.25. The molecule has 0 saturated carbocycles. The number of carbonyl (C=O) groups excluding carboxylic acids is 2. The minimum absolute atomic E-state index is 0.0814. The van der Waals surface area contributed by atoms with Gasteiger partial charge >= 0.3 is 5.97 Å². The number of rotatable bonds is 5. The van der Waals surface area contributed by atoms with E-state index in [9.17, 15) is 9.59 Å². The van der Waals surface area contributed by atoms with Crippen LogP contribution in [0, 0.1) is 5.92 Å². The van der Waals surface area contributed by atoms with E-state index in [1.165, 1.54) is 7.11 Å². The van der Waals surface area contributed by atoms with E-state index in [4.69, 9.17) is 4.74 Å². The van der Waals surface area contributed by atoms with Crippen LogP contribution in [-0.2, 0) is 14.3 Å². The summed E-state index contributed by atoms with van der Waals surface area (Å²) in [6, 6.07) is 9.32. The molecule has 22 heavy (non-hydrogen) atoms. The molecule has 0 saturated heterocycles. The molecule has 0 radical (unpaired) electrons. The van der Waals surface area contributed by atoms with Gasteiger partial charge in [-0.05, 0) is 17.6 Å². The third kappa shape index (κ3) is 3.38. The molecular formula is C18H23NO3. The van der Waals surface area contributed by atoms with Crippen LogP contribution >= 0.6 is 0 Å². The first-order valence-corrected chi connectivity index (χ1v) is 7.69. The monoisotopic (exact) mass is 301 g/mol. The minimum Gasteiger partial charge on any atom is -0.467 e. The van der Waals surface area contributed by atoms with Gasteiger partial charge in [0.25, 0.3) is 0 Å². The topological polar surface area (TPSA) is 46.6 Å². The molecule has 0 N–H and O–H groups in total. The Morgan fingerprint density at radius 1 is 1.36 bits per heavy atom. The normalized spacial score (nSPS) is 20.6. The van der Waals surface area contributed by atoms with E-state index in [0.717, 1.165) is 12.0 Å². The number of hydrogen-bond acceptors (Lipinski definition) is 4. The van der Waals surface area contributed by atoms with E-state index in [1.54, 1.807) is 12.3 Å². The van der Waals surface area contributed by atoms with Gasteiger partial charge in [0.05, 0.1) is 13.2 Å². The highest BCUT2D eigenvalue weighted by atomic mass is 16.5. The molecule has 1 aliphatic rings. The average molecular weight is 301 g/mol. The summed E-state index contributed by atoms with van der Waals surface area (Å²) in [5.41, 5.74) is 1.04. The van der Waals surface area contributed by atoms with E-state index in [0.29, 0.717) is 6.42 Å². The maximum Gasteiger partial charge on any atom is 0.328 e. The Labute approximate surface area is 131 Å². The second-order valence-corrected chi connectivity index (χ2v) is 5.71. The standard InChI is InChI=1S/C18H23NO3/c1-4-13(2)17(18(21)22-3)19-11-10-15(20)12-16(19)14-8-6-5-7-9-14/h5-11,13,16-17H,4,12H2,1-3H3/t13?,16-,17+/m0/s1.